The molecule has 0 bridgehead atoms. The van der Waals surface area contributed by atoms with Crippen molar-refractivity contribution in [1.82, 2.24) is 4.90 Å². The van der Waals surface area contributed by atoms with E-state index in [9.17, 15) is 9.59 Å². The van der Waals surface area contributed by atoms with Crippen LogP contribution in [0.2, 0.25) is 0 Å². The average molecular weight is 159 g/mol. The van der Waals surface area contributed by atoms with Crippen LogP contribution >= 0.6 is 0 Å². The van der Waals surface area contributed by atoms with Crippen LogP contribution in [0.1, 0.15) is 20.8 Å². The Bertz CT molecular complexity index is 165. The van der Waals surface area contributed by atoms with Crippen LogP contribution in [0.3, 0.4) is 0 Å². The second kappa shape index (κ2) is 3.95. The molecule has 1 N–H and O–H groups in total. The normalized spacial score (nSPS) is 9.82. The monoisotopic (exact) mass is 159 g/mol. The van der Waals surface area contributed by atoms with E-state index in [4.69, 9.17) is 5.11 Å². The molecule has 0 rings (SSSR count). The maximum Gasteiger partial charge on any atom is 0.394 e. The largest absolute Gasteiger partial charge is 0.474 e. The van der Waals surface area contributed by atoms with E-state index < -0.39 is 11.9 Å². The third-order valence-electron chi connectivity index (χ3n) is 1.41. The van der Waals surface area contributed by atoms with Gasteiger partial charge in [0.25, 0.3) is 0 Å². The maximum absolute atomic E-state index is 10.8. The van der Waals surface area contributed by atoms with Crippen LogP contribution in [0.4, 0.5) is 0 Å². The number of carboxylic acid groups (broad SMARTS) is 1. The topological polar surface area (TPSA) is 57.6 Å². The number of carbonyl (C=O) groups is 2. The van der Waals surface area contributed by atoms with Crippen molar-refractivity contribution in [2.24, 2.45) is 0 Å². The van der Waals surface area contributed by atoms with Gasteiger partial charge in [0, 0.05) is 12.6 Å². The highest BCUT2D eigenvalue weighted by Crippen LogP contribution is 1.97. The second-order valence-corrected chi connectivity index (χ2v) is 2.49. The van der Waals surface area contributed by atoms with E-state index in [1.54, 1.807) is 20.8 Å². The molecule has 0 atom stereocenters. The second-order valence-electron chi connectivity index (χ2n) is 2.49. The molecule has 0 saturated heterocycles. The predicted molar refractivity (Wildman–Crippen MR) is 40.2 cm³/mol. The van der Waals surface area contributed by atoms with Gasteiger partial charge < -0.3 is 10.0 Å². The van der Waals surface area contributed by atoms with Gasteiger partial charge in [0.1, 0.15) is 0 Å². The standard InChI is InChI=1S/C7H13NO3/c1-4-8(5(2)3)6(9)7(10)11/h5H,4H2,1-3H3,(H,10,11). The zero-order valence-electron chi connectivity index (χ0n) is 7.00. The van der Waals surface area contributed by atoms with Gasteiger partial charge in [0.05, 0.1) is 0 Å². The molecule has 0 unspecified atom stereocenters. The van der Waals surface area contributed by atoms with Crippen LogP contribution < -0.4 is 0 Å². The summed E-state index contributed by atoms with van der Waals surface area (Å²) in [5.74, 6) is -2.22. The summed E-state index contributed by atoms with van der Waals surface area (Å²) in [6.45, 7) is 5.75. The Labute approximate surface area is 65.8 Å². The van der Waals surface area contributed by atoms with Crippen molar-refractivity contribution in [3.8, 4) is 0 Å². The van der Waals surface area contributed by atoms with Crippen LogP contribution in [-0.4, -0.2) is 34.5 Å². The lowest BCUT2D eigenvalue weighted by molar-refractivity contribution is -0.156. The molecule has 0 aromatic rings. The van der Waals surface area contributed by atoms with Gasteiger partial charge in [-0.05, 0) is 20.8 Å². The number of hydrogen-bond donors (Lipinski definition) is 1. The summed E-state index contributed by atoms with van der Waals surface area (Å²) in [5.41, 5.74) is 0. The Kier molecular flexibility index (Phi) is 3.57. The van der Waals surface area contributed by atoms with Gasteiger partial charge in [0.2, 0.25) is 0 Å². The molecule has 0 aliphatic carbocycles. The van der Waals surface area contributed by atoms with Crippen molar-refractivity contribution in [3.63, 3.8) is 0 Å². The van der Waals surface area contributed by atoms with E-state index in [-0.39, 0.29) is 6.04 Å². The van der Waals surface area contributed by atoms with Crippen LogP contribution in [0.25, 0.3) is 0 Å². The summed E-state index contributed by atoms with van der Waals surface area (Å²) in [6, 6.07) is -0.0522. The number of aliphatic carboxylic acids is 1. The van der Waals surface area contributed by atoms with E-state index in [0.29, 0.717) is 6.54 Å². The fraction of sp³-hybridized carbons (Fsp3) is 0.714. The molecule has 0 aromatic carbocycles. The van der Waals surface area contributed by atoms with Crippen LogP contribution in [0, 0.1) is 0 Å². The molecule has 4 nitrogen and oxygen atoms in total. The van der Waals surface area contributed by atoms with E-state index in [1.165, 1.54) is 4.90 Å². The van der Waals surface area contributed by atoms with Crippen LogP contribution in [0.15, 0.2) is 0 Å². The minimum Gasteiger partial charge on any atom is -0.474 e. The summed E-state index contributed by atoms with van der Waals surface area (Å²) in [4.78, 5) is 22.3. The number of rotatable bonds is 2. The van der Waals surface area contributed by atoms with Crippen molar-refractivity contribution in [1.29, 1.82) is 0 Å². The van der Waals surface area contributed by atoms with E-state index >= 15 is 0 Å². The molecule has 0 aromatic heterocycles. The zero-order valence-corrected chi connectivity index (χ0v) is 7.00. The third kappa shape index (κ3) is 2.57. The molecule has 0 heterocycles. The number of hydrogen-bond acceptors (Lipinski definition) is 2. The number of nitrogens with zero attached hydrogens (tertiary/aromatic N) is 1. The predicted octanol–water partition coefficient (Wildman–Crippen LogP) is 0.328. The Balaban J connectivity index is 4.26. The lowest BCUT2D eigenvalue weighted by Crippen LogP contribution is -2.40. The smallest absolute Gasteiger partial charge is 0.394 e. The SMILES string of the molecule is CCN(C(=O)C(=O)O)C(C)C. The minimum atomic E-state index is -1.39. The van der Waals surface area contributed by atoms with Gasteiger partial charge in [-0.2, -0.15) is 0 Å². The van der Waals surface area contributed by atoms with Crippen molar-refractivity contribution in [2.75, 3.05) is 6.54 Å². The van der Waals surface area contributed by atoms with E-state index in [0.717, 1.165) is 0 Å². The highest BCUT2D eigenvalue weighted by Gasteiger charge is 2.21. The average Bonchev–Trinajstić information content (AvgIpc) is 1.88. The molecule has 1 amide bonds. The quantitative estimate of drug-likeness (QED) is 0.590. The first kappa shape index (κ1) is 9.94. The number of likely N-dealkylation sites (N-methyl/N-ethyl adjacent to an activating group) is 1. The first-order valence-electron chi connectivity index (χ1n) is 3.54. The molecule has 0 radical (unpaired) electrons. The highest BCUT2D eigenvalue weighted by molar-refractivity contribution is 6.31. The molecule has 0 aliphatic heterocycles. The van der Waals surface area contributed by atoms with E-state index in [2.05, 4.69) is 0 Å². The summed E-state index contributed by atoms with van der Waals surface area (Å²) in [7, 11) is 0. The molecule has 0 saturated carbocycles. The lowest BCUT2D eigenvalue weighted by Gasteiger charge is -2.22. The minimum absolute atomic E-state index is 0.0522. The molecular weight excluding hydrogens is 146 g/mol. The molecular formula is C7H13NO3. The third-order valence-corrected chi connectivity index (χ3v) is 1.41. The van der Waals surface area contributed by atoms with Gasteiger partial charge in [-0.3, -0.25) is 4.79 Å². The van der Waals surface area contributed by atoms with E-state index in [1.807, 2.05) is 0 Å². The fourth-order valence-electron chi connectivity index (χ4n) is 0.866. The van der Waals surface area contributed by atoms with Crippen molar-refractivity contribution in [2.45, 2.75) is 26.8 Å². The summed E-state index contributed by atoms with van der Waals surface area (Å²) < 4.78 is 0. The maximum atomic E-state index is 10.8. The molecule has 11 heavy (non-hydrogen) atoms. The first-order chi connectivity index (χ1) is 5.00. The highest BCUT2D eigenvalue weighted by atomic mass is 16.4. The summed E-state index contributed by atoms with van der Waals surface area (Å²) in [6.07, 6.45) is 0. The Morgan fingerprint density at radius 1 is 1.45 bits per heavy atom. The molecule has 64 valence electrons. The fourth-order valence-corrected chi connectivity index (χ4v) is 0.866. The molecule has 0 fully saturated rings. The van der Waals surface area contributed by atoms with Crippen LogP contribution in [-0.2, 0) is 9.59 Å². The Morgan fingerprint density at radius 3 is 2.00 bits per heavy atom. The van der Waals surface area contributed by atoms with Crippen LogP contribution in [0.5, 0.6) is 0 Å². The van der Waals surface area contributed by atoms with Crippen molar-refractivity contribution < 1.29 is 14.7 Å². The van der Waals surface area contributed by atoms with Gasteiger partial charge in [-0.1, -0.05) is 0 Å². The number of carboxylic acids is 1. The Morgan fingerprint density at radius 2 is 1.91 bits per heavy atom. The lowest BCUT2D eigenvalue weighted by atomic mass is 10.3. The van der Waals surface area contributed by atoms with Crippen molar-refractivity contribution >= 4 is 11.9 Å². The number of carbonyl (C=O) groups excluding carboxylic acids is 1. The van der Waals surface area contributed by atoms with Gasteiger partial charge >= 0.3 is 11.9 Å². The molecule has 0 spiro atoms. The summed E-state index contributed by atoms with van der Waals surface area (Å²) >= 11 is 0. The molecule has 4 heteroatoms. The first-order valence-corrected chi connectivity index (χ1v) is 3.54. The number of amides is 1. The van der Waals surface area contributed by atoms with Crippen molar-refractivity contribution in [3.05, 3.63) is 0 Å². The van der Waals surface area contributed by atoms with Gasteiger partial charge in [-0.25, -0.2) is 4.79 Å². The van der Waals surface area contributed by atoms with Gasteiger partial charge in [0.15, 0.2) is 0 Å². The Hall–Kier alpha value is -1.06. The zero-order chi connectivity index (χ0) is 9.02. The van der Waals surface area contributed by atoms with Gasteiger partial charge in [-0.15, -0.1) is 0 Å². The molecule has 0 aliphatic rings. The summed E-state index contributed by atoms with van der Waals surface area (Å²) in [5, 5.41) is 8.34.